The molecule has 5 heteroatoms. The second kappa shape index (κ2) is 4.96. The summed E-state index contributed by atoms with van der Waals surface area (Å²) in [6, 6.07) is 1.90. The van der Waals surface area contributed by atoms with E-state index >= 15 is 0 Å². The number of hydrogen-bond acceptors (Lipinski definition) is 4. The minimum Gasteiger partial charge on any atom is -0.245 e. The third-order valence-electron chi connectivity index (χ3n) is 1.07. The predicted molar refractivity (Wildman–Crippen MR) is 48.2 cm³/mol. The smallest absolute Gasteiger partial charge is 0.158 e. The van der Waals surface area contributed by atoms with Crippen LogP contribution in [0.4, 0.5) is 0 Å². The summed E-state index contributed by atoms with van der Waals surface area (Å²) in [5, 5.41) is 9.22. The van der Waals surface area contributed by atoms with Crippen LogP contribution in [0.3, 0.4) is 0 Å². The highest BCUT2D eigenvalue weighted by atomic mass is 35.5. The second-order valence-electron chi connectivity index (χ2n) is 1.89. The summed E-state index contributed by atoms with van der Waals surface area (Å²) in [5.41, 5.74) is 0.338. The van der Waals surface area contributed by atoms with E-state index in [1.807, 2.05) is 6.07 Å². The van der Waals surface area contributed by atoms with E-state index in [1.54, 1.807) is 6.20 Å². The SMILES string of the molecule is N#Cc1cnc(SCCCl)cn1. The van der Waals surface area contributed by atoms with Gasteiger partial charge in [0, 0.05) is 11.6 Å². The van der Waals surface area contributed by atoms with E-state index in [0.29, 0.717) is 11.6 Å². The summed E-state index contributed by atoms with van der Waals surface area (Å²) in [7, 11) is 0. The van der Waals surface area contributed by atoms with Crippen LogP contribution in [0.15, 0.2) is 17.4 Å². The Bertz CT molecular complexity index is 280. The molecular weight excluding hydrogens is 194 g/mol. The highest BCUT2D eigenvalue weighted by Crippen LogP contribution is 2.13. The Morgan fingerprint density at radius 3 is 2.83 bits per heavy atom. The Labute approximate surface area is 79.8 Å². The molecule has 0 unspecified atom stereocenters. The predicted octanol–water partition coefficient (Wildman–Crippen LogP) is 1.68. The zero-order valence-corrected chi connectivity index (χ0v) is 7.77. The van der Waals surface area contributed by atoms with Crippen molar-refractivity contribution in [3.63, 3.8) is 0 Å². The van der Waals surface area contributed by atoms with Crippen molar-refractivity contribution in [3.8, 4) is 6.07 Å². The first-order chi connectivity index (χ1) is 5.86. The lowest BCUT2D eigenvalue weighted by atomic mass is 10.5. The van der Waals surface area contributed by atoms with Crippen molar-refractivity contribution in [2.45, 2.75) is 5.03 Å². The molecular formula is C7H6ClN3S. The van der Waals surface area contributed by atoms with Crippen LogP contribution in [0.2, 0.25) is 0 Å². The van der Waals surface area contributed by atoms with Crippen LogP contribution >= 0.6 is 23.4 Å². The summed E-state index contributed by atoms with van der Waals surface area (Å²) in [5.74, 6) is 1.40. The molecule has 0 aliphatic rings. The lowest BCUT2D eigenvalue weighted by Crippen LogP contribution is -1.88. The minimum absolute atomic E-state index is 0.338. The monoisotopic (exact) mass is 199 g/mol. The van der Waals surface area contributed by atoms with Crippen molar-refractivity contribution < 1.29 is 0 Å². The molecule has 0 aromatic carbocycles. The average Bonchev–Trinajstić information content (AvgIpc) is 2.15. The number of nitrogens with zero attached hydrogens (tertiary/aromatic N) is 3. The van der Waals surface area contributed by atoms with Crippen LogP contribution < -0.4 is 0 Å². The second-order valence-corrected chi connectivity index (χ2v) is 3.38. The van der Waals surface area contributed by atoms with E-state index in [-0.39, 0.29) is 0 Å². The number of halogens is 1. The van der Waals surface area contributed by atoms with E-state index in [2.05, 4.69) is 9.97 Å². The summed E-state index contributed by atoms with van der Waals surface area (Å²) in [6.45, 7) is 0. The summed E-state index contributed by atoms with van der Waals surface area (Å²) < 4.78 is 0. The molecule has 0 radical (unpaired) electrons. The van der Waals surface area contributed by atoms with Crippen molar-refractivity contribution in [2.75, 3.05) is 11.6 Å². The quantitative estimate of drug-likeness (QED) is 0.549. The van der Waals surface area contributed by atoms with Gasteiger partial charge >= 0.3 is 0 Å². The van der Waals surface area contributed by atoms with Gasteiger partial charge in [0.2, 0.25) is 0 Å². The van der Waals surface area contributed by atoms with E-state index in [4.69, 9.17) is 16.9 Å². The molecule has 0 bridgehead atoms. The maximum absolute atomic E-state index is 8.42. The number of alkyl halides is 1. The lowest BCUT2D eigenvalue weighted by molar-refractivity contribution is 1.04. The largest absolute Gasteiger partial charge is 0.245 e. The highest BCUT2D eigenvalue weighted by molar-refractivity contribution is 7.99. The first-order valence-electron chi connectivity index (χ1n) is 3.27. The molecule has 1 heterocycles. The van der Waals surface area contributed by atoms with Gasteiger partial charge in [-0.3, -0.25) is 0 Å². The summed E-state index contributed by atoms with van der Waals surface area (Å²) in [4.78, 5) is 7.87. The maximum atomic E-state index is 8.42. The van der Waals surface area contributed by atoms with Gasteiger partial charge in [-0.25, -0.2) is 9.97 Å². The molecule has 1 aromatic heterocycles. The van der Waals surface area contributed by atoms with Crippen molar-refractivity contribution in [1.29, 1.82) is 5.26 Å². The number of rotatable bonds is 3. The van der Waals surface area contributed by atoms with E-state index in [0.717, 1.165) is 10.8 Å². The third-order valence-corrected chi connectivity index (χ3v) is 2.40. The standard InChI is InChI=1S/C7H6ClN3S/c8-1-2-12-7-5-10-6(3-9)4-11-7/h4-5H,1-2H2. The summed E-state index contributed by atoms with van der Waals surface area (Å²) >= 11 is 7.01. The van der Waals surface area contributed by atoms with Crippen LogP contribution in [0.5, 0.6) is 0 Å². The number of aromatic nitrogens is 2. The highest BCUT2D eigenvalue weighted by Gasteiger charge is 1.95. The van der Waals surface area contributed by atoms with Crippen molar-refractivity contribution in [1.82, 2.24) is 9.97 Å². The van der Waals surface area contributed by atoms with Gasteiger partial charge < -0.3 is 0 Å². The fourth-order valence-electron chi connectivity index (χ4n) is 0.592. The fourth-order valence-corrected chi connectivity index (χ4v) is 1.36. The molecule has 62 valence electrons. The molecule has 0 saturated carbocycles. The first-order valence-corrected chi connectivity index (χ1v) is 4.79. The van der Waals surface area contributed by atoms with E-state index in [9.17, 15) is 0 Å². The molecule has 0 amide bonds. The topological polar surface area (TPSA) is 49.6 Å². The Hall–Kier alpha value is -0.790. The van der Waals surface area contributed by atoms with Crippen LogP contribution in [0, 0.1) is 11.3 Å². The van der Waals surface area contributed by atoms with Crippen LogP contribution in [0.1, 0.15) is 5.69 Å². The van der Waals surface area contributed by atoms with E-state index in [1.165, 1.54) is 18.0 Å². The van der Waals surface area contributed by atoms with Crippen molar-refractivity contribution >= 4 is 23.4 Å². The summed E-state index contributed by atoms with van der Waals surface area (Å²) in [6.07, 6.45) is 3.03. The Kier molecular flexibility index (Phi) is 3.85. The van der Waals surface area contributed by atoms with Gasteiger partial charge in [0.1, 0.15) is 11.1 Å². The van der Waals surface area contributed by atoms with Crippen LogP contribution in [-0.4, -0.2) is 21.6 Å². The number of thioether (sulfide) groups is 1. The molecule has 0 atom stereocenters. The molecule has 0 fully saturated rings. The molecule has 0 aliphatic heterocycles. The van der Waals surface area contributed by atoms with Gasteiger partial charge in [0.15, 0.2) is 5.69 Å². The third kappa shape index (κ3) is 2.68. The molecule has 0 saturated heterocycles. The van der Waals surface area contributed by atoms with Crippen molar-refractivity contribution in [3.05, 3.63) is 18.1 Å². The first kappa shape index (κ1) is 9.30. The molecule has 1 aromatic rings. The zero-order valence-electron chi connectivity index (χ0n) is 6.20. The molecule has 1 rings (SSSR count). The molecule has 0 spiro atoms. The molecule has 0 N–H and O–H groups in total. The normalized spacial score (nSPS) is 9.33. The van der Waals surface area contributed by atoms with Gasteiger partial charge in [0.25, 0.3) is 0 Å². The molecule has 0 aliphatic carbocycles. The molecule has 3 nitrogen and oxygen atoms in total. The van der Waals surface area contributed by atoms with Gasteiger partial charge in [-0.2, -0.15) is 5.26 Å². The van der Waals surface area contributed by atoms with Gasteiger partial charge in [-0.1, -0.05) is 0 Å². The lowest BCUT2D eigenvalue weighted by Gasteiger charge is -1.95. The Balaban J connectivity index is 2.60. The average molecular weight is 200 g/mol. The van der Waals surface area contributed by atoms with Gasteiger partial charge in [-0.15, -0.1) is 23.4 Å². The van der Waals surface area contributed by atoms with Crippen molar-refractivity contribution in [2.24, 2.45) is 0 Å². The maximum Gasteiger partial charge on any atom is 0.158 e. The Morgan fingerprint density at radius 1 is 1.50 bits per heavy atom. The molecule has 12 heavy (non-hydrogen) atoms. The van der Waals surface area contributed by atoms with Crippen LogP contribution in [-0.2, 0) is 0 Å². The van der Waals surface area contributed by atoms with Crippen LogP contribution in [0.25, 0.3) is 0 Å². The number of nitriles is 1. The van der Waals surface area contributed by atoms with Gasteiger partial charge in [0.05, 0.1) is 12.4 Å². The Morgan fingerprint density at radius 2 is 2.33 bits per heavy atom. The number of hydrogen-bond donors (Lipinski definition) is 0. The minimum atomic E-state index is 0.338. The van der Waals surface area contributed by atoms with Gasteiger partial charge in [-0.05, 0) is 0 Å². The zero-order chi connectivity index (χ0) is 8.81. The fraction of sp³-hybridized carbons (Fsp3) is 0.286. The van der Waals surface area contributed by atoms with E-state index < -0.39 is 0 Å².